The molecule has 0 aliphatic heterocycles. The van der Waals surface area contributed by atoms with Crippen LogP contribution in [0.15, 0.2) is 17.0 Å². The molecule has 0 fully saturated rings. The summed E-state index contributed by atoms with van der Waals surface area (Å²) in [6.45, 7) is 0.234. The molecule has 1 aromatic rings. The van der Waals surface area contributed by atoms with Gasteiger partial charge in [0.25, 0.3) is 0 Å². The summed E-state index contributed by atoms with van der Waals surface area (Å²) in [5.41, 5.74) is 5.70. The van der Waals surface area contributed by atoms with Crippen molar-refractivity contribution >= 4 is 10.1 Å². The van der Waals surface area contributed by atoms with Crippen LogP contribution in [0.1, 0.15) is 5.56 Å². The van der Waals surface area contributed by atoms with Crippen LogP contribution in [0.25, 0.3) is 0 Å². The summed E-state index contributed by atoms with van der Waals surface area (Å²) < 4.78 is 43.3. The van der Waals surface area contributed by atoms with Crippen LogP contribution in [0.4, 0.5) is 0 Å². The summed E-state index contributed by atoms with van der Waals surface area (Å²) in [5.74, 6) is 0.561. The van der Waals surface area contributed by atoms with Crippen molar-refractivity contribution in [3.8, 4) is 11.5 Å². The molecule has 0 radical (unpaired) electrons. The van der Waals surface area contributed by atoms with Crippen molar-refractivity contribution < 1.29 is 22.4 Å². The number of benzene rings is 1. The molecule has 6 nitrogen and oxygen atoms in total. The molecule has 0 aromatic heterocycles. The summed E-state index contributed by atoms with van der Waals surface area (Å²) in [7, 11) is -1.77. The van der Waals surface area contributed by atoms with E-state index in [4.69, 9.17) is 15.2 Å². The van der Waals surface area contributed by atoms with E-state index in [9.17, 15) is 13.0 Å². The maximum Gasteiger partial charge on any atom is 0.161 e. The SMILES string of the molecule is COc1cc(CCN)c(S(=O)(=O)[O-])cc1OC. The molecule has 0 spiro atoms. The number of nitrogens with two attached hydrogens (primary N) is 1. The Morgan fingerprint density at radius 1 is 1.24 bits per heavy atom. The van der Waals surface area contributed by atoms with E-state index in [-0.39, 0.29) is 23.6 Å². The number of hydrogen-bond donors (Lipinski definition) is 1. The van der Waals surface area contributed by atoms with Crippen molar-refractivity contribution in [1.82, 2.24) is 0 Å². The lowest BCUT2D eigenvalue weighted by Crippen LogP contribution is -2.10. The van der Waals surface area contributed by atoms with Crippen LogP contribution >= 0.6 is 0 Å². The molecule has 0 aliphatic carbocycles. The van der Waals surface area contributed by atoms with Crippen LogP contribution in [-0.2, 0) is 16.5 Å². The van der Waals surface area contributed by atoms with Gasteiger partial charge in [0.15, 0.2) is 11.5 Å². The zero-order chi connectivity index (χ0) is 13.1. The summed E-state index contributed by atoms with van der Waals surface area (Å²) >= 11 is 0. The van der Waals surface area contributed by atoms with Gasteiger partial charge in [0.05, 0.1) is 19.1 Å². The van der Waals surface area contributed by atoms with Crippen molar-refractivity contribution in [2.45, 2.75) is 11.3 Å². The molecular formula is C10H14NO5S-. The zero-order valence-corrected chi connectivity index (χ0v) is 10.4. The quantitative estimate of drug-likeness (QED) is 0.754. The highest BCUT2D eigenvalue weighted by atomic mass is 32.2. The summed E-state index contributed by atoms with van der Waals surface area (Å²) in [6.07, 6.45) is 0.275. The minimum absolute atomic E-state index is 0.197. The predicted molar refractivity (Wildman–Crippen MR) is 60.3 cm³/mol. The number of methoxy groups -OCH3 is 2. The monoisotopic (exact) mass is 260 g/mol. The highest BCUT2D eigenvalue weighted by molar-refractivity contribution is 7.85. The van der Waals surface area contributed by atoms with Gasteiger partial charge in [0.1, 0.15) is 10.1 Å². The van der Waals surface area contributed by atoms with Crippen molar-refractivity contribution in [2.24, 2.45) is 5.73 Å². The molecule has 17 heavy (non-hydrogen) atoms. The summed E-state index contributed by atoms with van der Waals surface area (Å²) in [6, 6.07) is 2.61. The van der Waals surface area contributed by atoms with Gasteiger partial charge in [-0.15, -0.1) is 0 Å². The molecule has 0 aliphatic rings. The Morgan fingerprint density at radius 3 is 2.18 bits per heavy atom. The third kappa shape index (κ3) is 3.09. The fourth-order valence-corrected chi connectivity index (χ4v) is 2.22. The summed E-state index contributed by atoms with van der Waals surface area (Å²) in [5, 5.41) is 0. The molecule has 96 valence electrons. The Balaban J connectivity index is 3.46. The fraction of sp³-hybridized carbons (Fsp3) is 0.400. The van der Waals surface area contributed by atoms with Crippen LogP contribution in [0.5, 0.6) is 11.5 Å². The molecule has 1 rings (SSSR count). The normalized spacial score (nSPS) is 11.3. The number of ether oxygens (including phenoxy) is 2. The first kappa shape index (κ1) is 13.8. The second-order valence-electron chi connectivity index (χ2n) is 3.31. The molecule has 0 saturated carbocycles. The van der Waals surface area contributed by atoms with E-state index >= 15 is 0 Å². The van der Waals surface area contributed by atoms with E-state index in [1.807, 2.05) is 0 Å². The first-order chi connectivity index (χ1) is 7.93. The van der Waals surface area contributed by atoms with Crippen LogP contribution in [0.3, 0.4) is 0 Å². The molecule has 0 heterocycles. The fourth-order valence-electron chi connectivity index (χ4n) is 1.49. The first-order valence-corrected chi connectivity index (χ1v) is 6.25. The maximum absolute atomic E-state index is 11.1. The lowest BCUT2D eigenvalue weighted by molar-refractivity contribution is 0.352. The van der Waals surface area contributed by atoms with Gasteiger partial charge in [-0.3, -0.25) is 0 Å². The smallest absolute Gasteiger partial charge is 0.161 e. The molecule has 1 aromatic carbocycles. The molecule has 2 N–H and O–H groups in total. The van der Waals surface area contributed by atoms with Crippen LogP contribution < -0.4 is 15.2 Å². The second-order valence-corrected chi connectivity index (χ2v) is 4.66. The van der Waals surface area contributed by atoms with E-state index in [2.05, 4.69) is 0 Å². The van der Waals surface area contributed by atoms with Crippen LogP contribution in [-0.4, -0.2) is 33.7 Å². The third-order valence-corrected chi connectivity index (χ3v) is 3.17. The minimum atomic E-state index is -4.55. The van der Waals surface area contributed by atoms with Gasteiger partial charge in [-0.2, -0.15) is 0 Å². The first-order valence-electron chi connectivity index (χ1n) is 4.85. The van der Waals surface area contributed by atoms with E-state index in [1.165, 1.54) is 20.3 Å². The number of hydrogen-bond acceptors (Lipinski definition) is 6. The average Bonchev–Trinajstić information content (AvgIpc) is 2.27. The van der Waals surface area contributed by atoms with Crippen molar-refractivity contribution in [1.29, 1.82) is 0 Å². The molecule has 0 unspecified atom stereocenters. The standard InChI is InChI=1S/C10H15NO5S/c1-15-8-5-7(3-4-11)10(17(12,13)14)6-9(8)16-2/h5-6H,3-4,11H2,1-2H3,(H,12,13,14)/p-1. The summed E-state index contributed by atoms with van der Waals surface area (Å²) in [4.78, 5) is -0.319. The van der Waals surface area contributed by atoms with E-state index in [0.717, 1.165) is 6.07 Å². The highest BCUT2D eigenvalue weighted by Gasteiger charge is 2.14. The topological polar surface area (TPSA) is 102 Å². The predicted octanol–water partition coefficient (Wildman–Crippen LogP) is 0.109. The Bertz CT molecular complexity index is 498. The molecule has 7 heteroatoms. The second kappa shape index (κ2) is 5.35. The van der Waals surface area contributed by atoms with Crippen molar-refractivity contribution in [2.75, 3.05) is 20.8 Å². The maximum atomic E-state index is 11.1. The molecule has 0 amide bonds. The average molecular weight is 260 g/mol. The largest absolute Gasteiger partial charge is 0.744 e. The Kier molecular flexibility index (Phi) is 4.33. The minimum Gasteiger partial charge on any atom is -0.744 e. The molecule has 0 bridgehead atoms. The van der Waals surface area contributed by atoms with Gasteiger partial charge >= 0.3 is 0 Å². The van der Waals surface area contributed by atoms with Gasteiger partial charge in [0.2, 0.25) is 0 Å². The van der Waals surface area contributed by atoms with Crippen LogP contribution in [0, 0.1) is 0 Å². The molecule has 0 saturated heterocycles. The van der Waals surface area contributed by atoms with Gasteiger partial charge in [0, 0.05) is 6.07 Å². The van der Waals surface area contributed by atoms with Gasteiger partial charge in [-0.05, 0) is 24.6 Å². The van der Waals surface area contributed by atoms with E-state index in [1.54, 1.807) is 0 Å². The zero-order valence-electron chi connectivity index (χ0n) is 9.60. The molecule has 0 atom stereocenters. The Labute approximate surface area is 100 Å². The molecular weight excluding hydrogens is 246 g/mol. The van der Waals surface area contributed by atoms with E-state index < -0.39 is 10.1 Å². The van der Waals surface area contributed by atoms with E-state index in [0.29, 0.717) is 11.3 Å². The lowest BCUT2D eigenvalue weighted by atomic mass is 10.1. The van der Waals surface area contributed by atoms with Gasteiger partial charge in [-0.1, -0.05) is 0 Å². The van der Waals surface area contributed by atoms with Crippen molar-refractivity contribution in [3.05, 3.63) is 17.7 Å². The van der Waals surface area contributed by atoms with Crippen LogP contribution in [0.2, 0.25) is 0 Å². The van der Waals surface area contributed by atoms with Crippen molar-refractivity contribution in [3.63, 3.8) is 0 Å². The van der Waals surface area contributed by atoms with Gasteiger partial charge < -0.3 is 19.8 Å². The third-order valence-electron chi connectivity index (χ3n) is 2.25. The number of rotatable bonds is 5. The van der Waals surface area contributed by atoms with Gasteiger partial charge in [-0.25, -0.2) is 8.42 Å². The highest BCUT2D eigenvalue weighted by Crippen LogP contribution is 2.32. The Morgan fingerprint density at radius 2 is 1.76 bits per heavy atom. The Hall–Kier alpha value is -1.31. The lowest BCUT2D eigenvalue weighted by Gasteiger charge is -2.16.